The lowest BCUT2D eigenvalue weighted by molar-refractivity contribution is 0.412. The molecule has 142 valence electrons. The highest BCUT2D eigenvalue weighted by Crippen LogP contribution is 2.35. The molecule has 0 amide bonds. The van der Waals surface area contributed by atoms with Crippen molar-refractivity contribution in [3.05, 3.63) is 47.6 Å². The third-order valence-electron chi connectivity index (χ3n) is 4.81. The number of sulfone groups is 1. The van der Waals surface area contributed by atoms with Crippen molar-refractivity contribution >= 4 is 38.0 Å². The summed E-state index contributed by atoms with van der Waals surface area (Å²) >= 11 is 6.01. The van der Waals surface area contributed by atoms with Crippen LogP contribution in [0, 0.1) is 0 Å². The van der Waals surface area contributed by atoms with E-state index in [0.29, 0.717) is 21.7 Å². The molecule has 0 saturated carbocycles. The summed E-state index contributed by atoms with van der Waals surface area (Å²) in [6.45, 7) is 3.30. The van der Waals surface area contributed by atoms with Gasteiger partial charge in [0.25, 0.3) is 0 Å². The summed E-state index contributed by atoms with van der Waals surface area (Å²) in [5.74, 6) is 0.668. The highest BCUT2D eigenvalue weighted by molar-refractivity contribution is 7.91. The van der Waals surface area contributed by atoms with Crippen LogP contribution in [0.4, 0.5) is 5.69 Å². The van der Waals surface area contributed by atoms with Crippen molar-refractivity contribution in [3.63, 3.8) is 0 Å². The second-order valence-corrected chi connectivity index (χ2v) is 8.77. The van der Waals surface area contributed by atoms with Crippen LogP contribution >= 0.6 is 11.6 Å². The Bertz CT molecular complexity index is 1090. The largest absolute Gasteiger partial charge is 0.495 e. The molecule has 3 aromatic rings. The number of nitrogens with zero attached hydrogens (tertiary/aromatic N) is 1. The lowest BCUT2D eigenvalue weighted by Gasteiger charge is -2.30. The molecular weight excluding hydrogens is 386 g/mol. The molecule has 2 heterocycles. The van der Waals surface area contributed by atoms with Gasteiger partial charge in [-0.05, 0) is 30.3 Å². The van der Waals surface area contributed by atoms with Gasteiger partial charge in [0.1, 0.15) is 5.75 Å². The van der Waals surface area contributed by atoms with Crippen LogP contribution in [-0.2, 0) is 9.84 Å². The van der Waals surface area contributed by atoms with Crippen molar-refractivity contribution in [2.24, 2.45) is 0 Å². The van der Waals surface area contributed by atoms with Crippen molar-refractivity contribution in [1.29, 1.82) is 0 Å². The second-order valence-electron chi connectivity index (χ2n) is 6.42. The van der Waals surface area contributed by atoms with Crippen LogP contribution < -0.4 is 15.0 Å². The molecule has 0 aliphatic carbocycles. The molecule has 1 aliphatic rings. The smallest absolute Gasteiger partial charge is 0.208 e. The standard InChI is InChI=1S/C19H20ClN3O3S/c1-26-18-5-3-14(11-17(18)23-8-6-21-7-9-23)27(24,25)19-12-22-16-10-13(20)2-4-15(16)19/h2-5,10-12,21-22H,6-9H2,1H3. The molecule has 1 aliphatic heterocycles. The van der Waals surface area contributed by atoms with E-state index in [2.05, 4.69) is 15.2 Å². The molecule has 0 atom stereocenters. The fourth-order valence-corrected chi connectivity index (χ4v) is 5.03. The summed E-state index contributed by atoms with van der Waals surface area (Å²) in [6.07, 6.45) is 1.52. The van der Waals surface area contributed by atoms with E-state index in [1.165, 1.54) is 6.20 Å². The van der Waals surface area contributed by atoms with Gasteiger partial charge in [-0.2, -0.15) is 0 Å². The molecule has 0 radical (unpaired) electrons. The van der Waals surface area contributed by atoms with Gasteiger partial charge in [0, 0.05) is 48.3 Å². The number of aromatic nitrogens is 1. The molecule has 1 fully saturated rings. The van der Waals surface area contributed by atoms with Gasteiger partial charge in [-0.1, -0.05) is 17.7 Å². The number of benzene rings is 2. The van der Waals surface area contributed by atoms with Gasteiger partial charge in [-0.25, -0.2) is 8.42 Å². The molecule has 8 heteroatoms. The lowest BCUT2D eigenvalue weighted by atomic mass is 10.2. The van der Waals surface area contributed by atoms with E-state index in [0.717, 1.165) is 31.9 Å². The third-order valence-corrected chi connectivity index (χ3v) is 6.84. The summed E-state index contributed by atoms with van der Waals surface area (Å²) in [5, 5.41) is 4.48. The number of hydrogen-bond acceptors (Lipinski definition) is 5. The number of piperazine rings is 1. The summed E-state index contributed by atoms with van der Waals surface area (Å²) in [5.41, 5.74) is 1.49. The minimum atomic E-state index is -3.69. The maximum atomic E-state index is 13.3. The second kappa shape index (κ2) is 7.07. The first-order valence-electron chi connectivity index (χ1n) is 8.66. The van der Waals surface area contributed by atoms with Gasteiger partial charge >= 0.3 is 0 Å². The summed E-state index contributed by atoms with van der Waals surface area (Å²) in [4.78, 5) is 5.63. The van der Waals surface area contributed by atoms with Crippen LogP contribution in [0.25, 0.3) is 10.9 Å². The molecule has 0 unspecified atom stereocenters. The minimum Gasteiger partial charge on any atom is -0.495 e. The Morgan fingerprint density at radius 2 is 1.89 bits per heavy atom. The van der Waals surface area contributed by atoms with Gasteiger partial charge in [0.15, 0.2) is 0 Å². The molecule has 0 bridgehead atoms. The summed E-state index contributed by atoms with van der Waals surface area (Å²) in [6, 6.07) is 10.1. The average molecular weight is 406 g/mol. The fraction of sp³-hybridized carbons (Fsp3) is 0.263. The van der Waals surface area contributed by atoms with E-state index in [9.17, 15) is 8.42 Å². The molecule has 1 aromatic heterocycles. The first kappa shape index (κ1) is 18.2. The number of halogens is 1. The molecular formula is C19H20ClN3O3S. The first-order chi connectivity index (χ1) is 13.0. The van der Waals surface area contributed by atoms with Crippen molar-refractivity contribution < 1.29 is 13.2 Å². The van der Waals surface area contributed by atoms with Crippen LogP contribution in [-0.4, -0.2) is 46.7 Å². The molecule has 1 saturated heterocycles. The van der Waals surface area contributed by atoms with Crippen molar-refractivity contribution in [3.8, 4) is 5.75 Å². The first-order valence-corrected chi connectivity index (χ1v) is 10.5. The highest BCUT2D eigenvalue weighted by Gasteiger charge is 2.25. The quantitative estimate of drug-likeness (QED) is 0.697. The molecule has 2 aromatic carbocycles. The Kier molecular flexibility index (Phi) is 4.75. The van der Waals surface area contributed by atoms with Crippen molar-refractivity contribution in [1.82, 2.24) is 10.3 Å². The molecule has 2 N–H and O–H groups in total. The molecule has 0 spiro atoms. The molecule has 27 heavy (non-hydrogen) atoms. The van der Waals surface area contributed by atoms with Crippen molar-refractivity contribution in [2.75, 3.05) is 38.2 Å². The predicted molar refractivity (Wildman–Crippen MR) is 107 cm³/mol. The van der Waals surface area contributed by atoms with E-state index in [1.54, 1.807) is 43.5 Å². The van der Waals surface area contributed by atoms with Gasteiger partial charge in [0.05, 0.1) is 22.6 Å². The zero-order valence-corrected chi connectivity index (χ0v) is 16.4. The number of nitrogens with one attached hydrogen (secondary N) is 2. The summed E-state index contributed by atoms with van der Waals surface area (Å²) < 4.78 is 32.1. The minimum absolute atomic E-state index is 0.241. The SMILES string of the molecule is COc1ccc(S(=O)(=O)c2c[nH]c3cc(Cl)ccc23)cc1N1CCNCC1. The van der Waals surface area contributed by atoms with Gasteiger partial charge < -0.3 is 19.9 Å². The van der Waals surface area contributed by atoms with E-state index in [-0.39, 0.29) is 9.79 Å². The Morgan fingerprint density at radius 3 is 2.63 bits per heavy atom. The molecule has 6 nitrogen and oxygen atoms in total. The van der Waals surface area contributed by atoms with Crippen LogP contribution in [0.15, 0.2) is 52.4 Å². The van der Waals surface area contributed by atoms with Gasteiger partial charge in [-0.3, -0.25) is 0 Å². The Labute approximate surface area is 163 Å². The number of methoxy groups -OCH3 is 1. The number of fused-ring (bicyclic) bond motifs is 1. The van der Waals surface area contributed by atoms with Crippen molar-refractivity contribution in [2.45, 2.75) is 9.79 Å². The zero-order valence-electron chi connectivity index (χ0n) is 14.8. The lowest BCUT2D eigenvalue weighted by Crippen LogP contribution is -2.43. The highest BCUT2D eigenvalue weighted by atomic mass is 35.5. The number of ether oxygens (including phenoxy) is 1. The zero-order chi connectivity index (χ0) is 19.0. The van der Waals surface area contributed by atoms with Crippen LogP contribution in [0.2, 0.25) is 5.02 Å². The monoisotopic (exact) mass is 405 g/mol. The topological polar surface area (TPSA) is 74.4 Å². The predicted octanol–water partition coefficient (Wildman–Crippen LogP) is 3.07. The number of hydrogen-bond donors (Lipinski definition) is 2. The third kappa shape index (κ3) is 3.26. The fourth-order valence-electron chi connectivity index (χ4n) is 3.41. The Morgan fingerprint density at radius 1 is 1.11 bits per heavy atom. The number of aromatic amines is 1. The van der Waals surface area contributed by atoms with Crippen LogP contribution in [0.5, 0.6) is 5.75 Å². The van der Waals surface area contributed by atoms with E-state index < -0.39 is 9.84 Å². The molecule has 4 rings (SSSR count). The normalized spacial score (nSPS) is 15.3. The van der Waals surface area contributed by atoms with Gasteiger partial charge in [-0.15, -0.1) is 0 Å². The average Bonchev–Trinajstić information content (AvgIpc) is 3.12. The number of anilines is 1. The Hall–Kier alpha value is -2.22. The van der Waals surface area contributed by atoms with Crippen LogP contribution in [0.3, 0.4) is 0 Å². The Balaban J connectivity index is 1.81. The maximum Gasteiger partial charge on any atom is 0.208 e. The number of H-pyrrole nitrogens is 1. The van der Waals surface area contributed by atoms with Gasteiger partial charge in [0.2, 0.25) is 9.84 Å². The van der Waals surface area contributed by atoms with Crippen LogP contribution in [0.1, 0.15) is 0 Å². The van der Waals surface area contributed by atoms with E-state index >= 15 is 0 Å². The maximum absolute atomic E-state index is 13.3. The van der Waals surface area contributed by atoms with E-state index in [4.69, 9.17) is 16.3 Å². The van der Waals surface area contributed by atoms with E-state index in [1.807, 2.05) is 0 Å². The number of rotatable bonds is 4. The summed E-state index contributed by atoms with van der Waals surface area (Å²) in [7, 11) is -2.10.